The number of aliphatic hydroxyl groups is 1. The minimum absolute atomic E-state index is 0.00587. The van der Waals surface area contributed by atoms with E-state index in [0.29, 0.717) is 24.7 Å². The van der Waals surface area contributed by atoms with Crippen LogP contribution in [0.15, 0.2) is 41.7 Å². The maximum Gasteiger partial charge on any atom is 0.311 e. The number of likely N-dealkylation sites (N-methyl/N-ethyl adjacent to an activating group) is 1. The van der Waals surface area contributed by atoms with Gasteiger partial charge in [0.2, 0.25) is 0 Å². The average Bonchev–Trinajstić information content (AvgIpc) is 3.87. The third-order valence-corrected chi connectivity index (χ3v) is 14.1. The number of carbonyl (C=O) groups excluding carboxylic acids is 1. The van der Waals surface area contributed by atoms with Crippen molar-refractivity contribution in [2.24, 2.45) is 29.6 Å². The van der Waals surface area contributed by atoms with Crippen LogP contribution in [0.5, 0.6) is 0 Å². The van der Waals surface area contributed by atoms with Crippen molar-refractivity contribution < 1.29 is 43.1 Å². The first-order valence-electron chi connectivity index (χ1n) is 20.7. The van der Waals surface area contributed by atoms with Gasteiger partial charge in [-0.2, -0.15) is 0 Å². The Labute approximate surface area is 324 Å². The minimum Gasteiger partial charge on any atom is -0.490 e. The van der Waals surface area contributed by atoms with E-state index in [1.165, 1.54) is 18.4 Å². The summed E-state index contributed by atoms with van der Waals surface area (Å²) in [6.07, 6.45) is 4.73. The number of hydrogen-bond acceptors (Lipinski definition) is 10. The van der Waals surface area contributed by atoms with Crippen molar-refractivity contribution in [1.82, 2.24) is 0 Å². The number of allylic oxidation sites excluding steroid dienone is 1. The quantitative estimate of drug-likeness (QED) is 0.216. The van der Waals surface area contributed by atoms with E-state index in [0.717, 1.165) is 50.8 Å². The number of nitrogens with zero attached hydrogens (tertiary/aromatic N) is 1. The number of benzene rings is 1. The predicted octanol–water partition coefficient (Wildman–Crippen LogP) is 7.45. The van der Waals surface area contributed by atoms with Crippen LogP contribution in [0.25, 0.3) is 0 Å². The highest BCUT2D eigenvalue weighted by molar-refractivity contribution is 5.72. The molecule has 0 aliphatic carbocycles. The predicted molar refractivity (Wildman–Crippen MR) is 208 cm³/mol. The van der Waals surface area contributed by atoms with Gasteiger partial charge in [0, 0.05) is 44.5 Å². The van der Waals surface area contributed by atoms with Gasteiger partial charge in [-0.25, -0.2) is 0 Å². The Morgan fingerprint density at radius 2 is 1.78 bits per heavy atom. The summed E-state index contributed by atoms with van der Waals surface area (Å²) in [6.45, 7) is 17.8. The molecule has 1 aromatic carbocycles. The highest BCUT2D eigenvalue weighted by Crippen LogP contribution is 2.54. The maximum absolute atomic E-state index is 12.5. The van der Waals surface area contributed by atoms with Crippen molar-refractivity contribution >= 4 is 11.7 Å². The van der Waals surface area contributed by atoms with E-state index in [1.54, 1.807) is 7.11 Å². The van der Waals surface area contributed by atoms with E-state index < -0.39 is 35.1 Å². The first kappa shape index (κ1) is 41.4. The van der Waals surface area contributed by atoms with E-state index in [1.807, 2.05) is 26.8 Å². The molecule has 1 aromatic rings. The highest BCUT2D eigenvalue weighted by Gasteiger charge is 2.62. The smallest absolute Gasteiger partial charge is 0.311 e. The number of carbonyl (C=O) groups is 1. The Bertz CT molecular complexity index is 1470. The lowest BCUT2D eigenvalue weighted by molar-refractivity contribution is -0.335. The van der Waals surface area contributed by atoms with Gasteiger partial charge >= 0.3 is 5.97 Å². The third-order valence-electron chi connectivity index (χ3n) is 14.1. The number of aliphatic hydroxyl groups excluding tert-OH is 1. The largest absolute Gasteiger partial charge is 0.490 e. The van der Waals surface area contributed by atoms with Gasteiger partial charge in [-0.1, -0.05) is 52.8 Å². The zero-order valence-electron chi connectivity index (χ0n) is 34.8. The van der Waals surface area contributed by atoms with Crippen molar-refractivity contribution in [2.75, 3.05) is 32.7 Å². The summed E-state index contributed by atoms with van der Waals surface area (Å²) in [5.41, 5.74) is 1.48. The van der Waals surface area contributed by atoms with Gasteiger partial charge in [-0.05, 0) is 88.8 Å². The molecular formula is C44H69NO9. The van der Waals surface area contributed by atoms with E-state index in [-0.39, 0.29) is 48.3 Å². The Morgan fingerprint density at radius 1 is 1.06 bits per heavy atom. The molecule has 1 spiro atoms. The van der Waals surface area contributed by atoms with Crippen LogP contribution in [0.2, 0.25) is 0 Å². The molecule has 0 bridgehead atoms. The maximum atomic E-state index is 12.5. The molecule has 0 saturated carbocycles. The van der Waals surface area contributed by atoms with Crippen molar-refractivity contribution in [2.45, 2.75) is 166 Å². The number of para-hydroxylation sites is 1. The lowest BCUT2D eigenvalue weighted by Gasteiger charge is -2.49. The molecule has 0 amide bonds. The monoisotopic (exact) mass is 755 g/mol. The molecule has 5 aliphatic heterocycles. The number of hydrogen-bond donors (Lipinski definition) is 1. The van der Waals surface area contributed by atoms with Crippen molar-refractivity contribution in [3.05, 3.63) is 41.7 Å². The van der Waals surface area contributed by atoms with Gasteiger partial charge in [0.25, 0.3) is 0 Å². The van der Waals surface area contributed by atoms with Crippen LogP contribution in [-0.2, 0) is 38.0 Å². The Kier molecular flexibility index (Phi) is 12.5. The molecule has 6 rings (SSSR count). The molecule has 4 fully saturated rings. The number of rotatable bonds is 12. The standard InChI is InChI=1S/C44H69NO9/c1-12-43(40-28(4)23-34(51-40)37-27(3)22-26(2)35(50-37)25-45(9)32-16-14-13-15-17-32)19-18-36(52-43)42(8)20-21-44(54-42)24-33(46)29(5)39(53-44)30(6)38(48-10)31(7)41(47)49-11/h13-17,27-31,33-34,36-40,46H,12,18-25H2,1-11H3. The highest BCUT2D eigenvalue weighted by atomic mass is 16.7. The zero-order valence-corrected chi connectivity index (χ0v) is 34.8. The summed E-state index contributed by atoms with van der Waals surface area (Å²) in [5.74, 6) is -0.382. The van der Waals surface area contributed by atoms with Gasteiger partial charge in [-0.3, -0.25) is 4.79 Å². The van der Waals surface area contributed by atoms with Crippen LogP contribution < -0.4 is 4.90 Å². The van der Waals surface area contributed by atoms with Gasteiger partial charge in [-0.15, -0.1) is 0 Å². The van der Waals surface area contributed by atoms with Crippen LogP contribution in [0.1, 0.15) is 107 Å². The fourth-order valence-corrected chi connectivity index (χ4v) is 10.8. The second-order valence-electron chi connectivity index (χ2n) is 17.9. The lowest BCUT2D eigenvalue weighted by atomic mass is 9.78. The lowest BCUT2D eigenvalue weighted by Crippen LogP contribution is -2.57. The van der Waals surface area contributed by atoms with E-state index in [2.05, 4.69) is 70.8 Å². The van der Waals surface area contributed by atoms with Crippen LogP contribution in [0.4, 0.5) is 5.69 Å². The number of methoxy groups -OCH3 is 2. The van der Waals surface area contributed by atoms with Crippen LogP contribution in [-0.4, -0.2) is 98.6 Å². The SMILES string of the molecule is CCC1(C2OC(C3OC(CN(C)c4ccccc4)=C(C)CC3C)CC2C)CCC(C2(C)CCC3(CC(O)C(C)C(C(C)C(OC)C(C)C(=O)OC)O3)O2)O1. The zero-order chi connectivity index (χ0) is 39.2. The summed E-state index contributed by atoms with van der Waals surface area (Å²) in [5, 5.41) is 11.4. The summed E-state index contributed by atoms with van der Waals surface area (Å²) < 4.78 is 46.0. The number of ether oxygens (including phenoxy) is 7. The number of esters is 1. The normalized spacial score (nSPS) is 41.4. The minimum atomic E-state index is -0.943. The van der Waals surface area contributed by atoms with Crippen molar-refractivity contribution in [1.29, 1.82) is 0 Å². The summed E-state index contributed by atoms with van der Waals surface area (Å²) in [6, 6.07) is 10.5. The van der Waals surface area contributed by atoms with Gasteiger partial charge in [0.1, 0.15) is 11.9 Å². The molecule has 5 heterocycles. The molecular weight excluding hydrogens is 686 g/mol. The second-order valence-corrected chi connectivity index (χ2v) is 17.9. The Balaban J connectivity index is 1.12. The molecule has 304 valence electrons. The van der Waals surface area contributed by atoms with E-state index in [9.17, 15) is 9.90 Å². The van der Waals surface area contributed by atoms with Gasteiger partial charge < -0.3 is 43.2 Å². The number of anilines is 1. The fraction of sp³-hybridized carbons (Fsp3) is 0.795. The Hall–Kier alpha value is -2.21. The van der Waals surface area contributed by atoms with E-state index in [4.69, 9.17) is 33.2 Å². The molecule has 54 heavy (non-hydrogen) atoms. The first-order chi connectivity index (χ1) is 25.6. The Morgan fingerprint density at radius 3 is 2.44 bits per heavy atom. The molecule has 5 aliphatic rings. The van der Waals surface area contributed by atoms with Gasteiger partial charge in [0.15, 0.2) is 5.79 Å². The molecule has 15 atom stereocenters. The molecule has 4 saturated heterocycles. The molecule has 10 heteroatoms. The van der Waals surface area contributed by atoms with Crippen LogP contribution >= 0.6 is 0 Å². The second kappa shape index (κ2) is 16.3. The molecule has 0 radical (unpaired) electrons. The first-order valence-corrected chi connectivity index (χ1v) is 20.7. The van der Waals surface area contributed by atoms with Crippen LogP contribution in [0, 0.1) is 29.6 Å². The van der Waals surface area contributed by atoms with Crippen molar-refractivity contribution in [3.8, 4) is 0 Å². The van der Waals surface area contributed by atoms with Crippen LogP contribution in [0.3, 0.4) is 0 Å². The molecule has 15 unspecified atom stereocenters. The average molecular weight is 756 g/mol. The van der Waals surface area contributed by atoms with Gasteiger partial charge in [0.05, 0.1) is 67.4 Å². The fourth-order valence-electron chi connectivity index (χ4n) is 10.8. The summed E-state index contributed by atoms with van der Waals surface area (Å²) in [4.78, 5) is 14.7. The third kappa shape index (κ3) is 7.86. The molecule has 0 aromatic heterocycles. The molecule has 1 N–H and O–H groups in total. The molecule has 10 nitrogen and oxygen atoms in total. The summed E-state index contributed by atoms with van der Waals surface area (Å²) in [7, 11) is 5.13. The topological polar surface area (TPSA) is 105 Å². The van der Waals surface area contributed by atoms with Crippen molar-refractivity contribution in [3.63, 3.8) is 0 Å². The summed E-state index contributed by atoms with van der Waals surface area (Å²) >= 11 is 0. The van der Waals surface area contributed by atoms with E-state index >= 15 is 0 Å².